The average molecular weight is 414 g/mol. The molecule has 0 aliphatic rings. The van der Waals surface area contributed by atoms with Crippen molar-refractivity contribution in [2.75, 3.05) is 11.9 Å². The molecule has 2 rings (SSSR count). The summed E-state index contributed by atoms with van der Waals surface area (Å²) in [5.41, 5.74) is 1.57. The van der Waals surface area contributed by atoms with E-state index in [2.05, 4.69) is 24.5 Å². The van der Waals surface area contributed by atoms with Gasteiger partial charge in [-0.15, -0.1) is 0 Å². The van der Waals surface area contributed by atoms with Crippen molar-refractivity contribution in [3.63, 3.8) is 0 Å². The summed E-state index contributed by atoms with van der Waals surface area (Å²) in [4.78, 5) is 36.8. The summed E-state index contributed by atoms with van der Waals surface area (Å²) in [7, 11) is 0. The van der Waals surface area contributed by atoms with Gasteiger partial charge in [-0.2, -0.15) is 0 Å². The van der Waals surface area contributed by atoms with Crippen molar-refractivity contribution in [3.8, 4) is 0 Å². The van der Waals surface area contributed by atoms with Gasteiger partial charge in [-0.3, -0.25) is 9.59 Å². The van der Waals surface area contributed by atoms with E-state index in [4.69, 9.17) is 4.74 Å². The van der Waals surface area contributed by atoms with Gasteiger partial charge in [0.25, 0.3) is 11.8 Å². The number of hydrogen-bond acceptors (Lipinski definition) is 4. The Kier molecular flexibility index (Phi) is 8.09. The molecule has 0 spiro atoms. The minimum Gasteiger partial charge on any atom is -0.454 e. The van der Waals surface area contributed by atoms with Gasteiger partial charge in [0.2, 0.25) is 0 Å². The minimum atomic E-state index is -1.02. The van der Waals surface area contributed by atoms with Crippen LogP contribution in [-0.4, -0.2) is 30.4 Å². The lowest BCUT2D eigenvalue weighted by Gasteiger charge is -2.21. The number of carbonyl (C=O) groups is 3. The van der Waals surface area contributed by atoms with E-state index in [9.17, 15) is 18.8 Å². The monoisotopic (exact) mass is 414 g/mol. The van der Waals surface area contributed by atoms with Crippen molar-refractivity contribution in [3.05, 3.63) is 65.5 Å². The number of carbonyl (C=O) groups excluding carboxylic acids is 3. The quantitative estimate of drug-likeness (QED) is 0.642. The number of anilines is 1. The largest absolute Gasteiger partial charge is 0.454 e. The molecule has 6 nitrogen and oxygen atoms in total. The van der Waals surface area contributed by atoms with Gasteiger partial charge in [-0.05, 0) is 41.7 Å². The number of halogens is 1. The second-order valence-electron chi connectivity index (χ2n) is 7.61. The van der Waals surface area contributed by atoms with E-state index in [0.717, 1.165) is 11.6 Å². The Morgan fingerprint density at radius 3 is 2.17 bits per heavy atom. The summed E-state index contributed by atoms with van der Waals surface area (Å²) in [6.07, 6.45) is 0. The van der Waals surface area contributed by atoms with Gasteiger partial charge < -0.3 is 15.4 Å². The van der Waals surface area contributed by atoms with Crippen LogP contribution in [0, 0.1) is 11.7 Å². The first-order valence-electron chi connectivity index (χ1n) is 9.81. The van der Waals surface area contributed by atoms with Gasteiger partial charge in [0.1, 0.15) is 11.9 Å². The predicted octanol–water partition coefficient (Wildman–Crippen LogP) is 3.89. The smallest absolute Gasteiger partial charge is 0.329 e. The molecule has 0 fully saturated rings. The molecule has 0 saturated carbocycles. The first-order chi connectivity index (χ1) is 14.2. The Bertz CT molecular complexity index is 894. The minimum absolute atomic E-state index is 0.168. The third kappa shape index (κ3) is 6.40. The topological polar surface area (TPSA) is 84.5 Å². The van der Waals surface area contributed by atoms with Crippen molar-refractivity contribution in [2.45, 2.75) is 39.7 Å². The molecule has 7 heteroatoms. The maximum absolute atomic E-state index is 13.8. The van der Waals surface area contributed by atoms with Crippen molar-refractivity contribution in [2.24, 2.45) is 5.92 Å². The van der Waals surface area contributed by atoms with Crippen LogP contribution in [0.3, 0.4) is 0 Å². The van der Waals surface area contributed by atoms with Crippen LogP contribution in [0.1, 0.15) is 49.5 Å². The van der Waals surface area contributed by atoms with Gasteiger partial charge in [0.05, 0.1) is 5.56 Å². The first kappa shape index (κ1) is 23.1. The summed E-state index contributed by atoms with van der Waals surface area (Å²) in [5, 5.41) is 5.13. The highest BCUT2D eigenvalue weighted by molar-refractivity contribution is 5.97. The van der Waals surface area contributed by atoms with Gasteiger partial charge in [-0.25, -0.2) is 9.18 Å². The maximum atomic E-state index is 13.8. The van der Waals surface area contributed by atoms with Gasteiger partial charge in [0, 0.05) is 5.69 Å². The molecule has 0 heterocycles. The second-order valence-corrected chi connectivity index (χ2v) is 7.61. The Balaban J connectivity index is 1.92. The molecule has 0 bridgehead atoms. The van der Waals surface area contributed by atoms with Crippen molar-refractivity contribution >= 4 is 23.5 Å². The zero-order valence-electron chi connectivity index (χ0n) is 17.6. The lowest BCUT2D eigenvalue weighted by atomic mass is 10.0. The average Bonchev–Trinajstić information content (AvgIpc) is 2.70. The fourth-order valence-electron chi connectivity index (χ4n) is 2.74. The van der Waals surface area contributed by atoms with Crippen LogP contribution in [0.15, 0.2) is 48.5 Å². The Morgan fingerprint density at radius 1 is 0.967 bits per heavy atom. The molecule has 2 aromatic carbocycles. The van der Waals surface area contributed by atoms with Gasteiger partial charge >= 0.3 is 5.97 Å². The van der Waals surface area contributed by atoms with Crippen LogP contribution in [0.2, 0.25) is 0 Å². The molecule has 0 saturated heterocycles. The highest BCUT2D eigenvalue weighted by atomic mass is 19.1. The third-order valence-corrected chi connectivity index (χ3v) is 4.53. The number of esters is 1. The molecule has 2 N–H and O–H groups in total. The van der Waals surface area contributed by atoms with Crippen LogP contribution in [-0.2, 0) is 14.3 Å². The van der Waals surface area contributed by atoms with Crippen molar-refractivity contribution < 1.29 is 23.5 Å². The Morgan fingerprint density at radius 2 is 1.60 bits per heavy atom. The van der Waals surface area contributed by atoms with E-state index in [1.54, 1.807) is 26.0 Å². The van der Waals surface area contributed by atoms with E-state index < -0.39 is 36.2 Å². The lowest BCUT2D eigenvalue weighted by molar-refractivity contribution is -0.150. The Hall–Kier alpha value is -3.22. The van der Waals surface area contributed by atoms with E-state index >= 15 is 0 Å². The summed E-state index contributed by atoms with van der Waals surface area (Å²) in [6.45, 7) is 7.07. The third-order valence-electron chi connectivity index (χ3n) is 4.53. The molecule has 0 aliphatic heterocycles. The predicted molar refractivity (Wildman–Crippen MR) is 113 cm³/mol. The molecule has 0 aliphatic carbocycles. The molecular formula is C23H27FN2O4. The second kappa shape index (κ2) is 10.5. The lowest BCUT2D eigenvalue weighted by Crippen LogP contribution is -2.46. The number of rotatable bonds is 8. The summed E-state index contributed by atoms with van der Waals surface area (Å²) >= 11 is 0. The maximum Gasteiger partial charge on any atom is 0.329 e. The molecule has 0 aromatic heterocycles. The summed E-state index contributed by atoms with van der Waals surface area (Å²) in [5.74, 6) is -2.61. The normalized spacial score (nSPS) is 11.8. The number of nitrogens with one attached hydrogen (secondary N) is 2. The van der Waals surface area contributed by atoms with Gasteiger partial charge in [-0.1, -0.05) is 52.0 Å². The number of amides is 2. The first-order valence-corrected chi connectivity index (χ1v) is 9.81. The van der Waals surface area contributed by atoms with Crippen LogP contribution >= 0.6 is 0 Å². The summed E-state index contributed by atoms with van der Waals surface area (Å²) in [6, 6.07) is 11.9. The van der Waals surface area contributed by atoms with E-state index in [-0.39, 0.29) is 11.5 Å². The molecule has 1 unspecified atom stereocenters. The zero-order chi connectivity index (χ0) is 22.3. The molecule has 160 valence electrons. The highest BCUT2D eigenvalue weighted by Gasteiger charge is 2.27. The standard InChI is InChI=1S/C23H27FN2O4/c1-14(2)16-9-11-17(12-10-16)25-20(27)13-30-23(29)21(15(3)4)26-22(28)18-7-5-6-8-19(18)24/h5-12,14-15,21H,13H2,1-4H3,(H,25,27)(H,26,28). The fraction of sp³-hybridized carbons (Fsp3) is 0.348. The SMILES string of the molecule is CC(C)c1ccc(NC(=O)COC(=O)C(NC(=O)c2ccccc2F)C(C)C)cc1. The van der Waals surface area contributed by atoms with Crippen molar-refractivity contribution in [1.29, 1.82) is 0 Å². The molecule has 2 amide bonds. The number of ether oxygens (including phenoxy) is 1. The molecule has 2 aromatic rings. The van der Waals surface area contributed by atoms with Gasteiger partial charge in [0.15, 0.2) is 6.61 Å². The highest BCUT2D eigenvalue weighted by Crippen LogP contribution is 2.17. The molecule has 30 heavy (non-hydrogen) atoms. The fourth-order valence-corrected chi connectivity index (χ4v) is 2.74. The van der Waals surface area contributed by atoms with Crippen LogP contribution in [0.25, 0.3) is 0 Å². The van der Waals surface area contributed by atoms with Crippen LogP contribution in [0.5, 0.6) is 0 Å². The number of benzene rings is 2. The Labute approximate surface area is 175 Å². The summed E-state index contributed by atoms with van der Waals surface area (Å²) < 4.78 is 18.9. The number of hydrogen-bond donors (Lipinski definition) is 2. The van der Waals surface area contributed by atoms with E-state index in [1.807, 2.05) is 12.1 Å². The van der Waals surface area contributed by atoms with E-state index in [1.165, 1.54) is 18.2 Å². The molecule has 1 atom stereocenters. The van der Waals surface area contributed by atoms with E-state index in [0.29, 0.717) is 11.6 Å². The molecular weight excluding hydrogens is 387 g/mol. The van der Waals surface area contributed by atoms with Crippen LogP contribution < -0.4 is 10.6 Å². The van der Waals surface area contributed by atoms with Crippen molar-refractivity contribution in [1.82, 2.24) is 5.32 Å². The van der Waals surface area contributed by atoms with Crippen LogP contribution in [0.4, 0.5) is 10.1 Å². The zero-order valence-corrected chi connectivity index (χ0v) is 17.6. The molecule has 0 radical (unpaired) electrons.